The fourth-order valence-electron chi connectivity index (χ4n) is 4.05. The van der Waals surface area contributed by atoms with Crippen molar-refractivity contribution in [1.82, 2.24) is 15.1 Å². The van der Waals surface area contributed by atoms with Crippen molar-refractivity contribution >= 4 is 34.1 Å². The van der Waals surface area contributed by atoms with E-state index < -0.39 is 5.91 Å². The van der Waals surface area contributed by atoms with Crippen LogP contribution in [0.4, 0.5) is 11.5 Å². The quantitative estimate of drug-likeness (QED) is 0.332. The predicted molar refractivity (Wildman–Crippen MR) is 143 cm³/mol. The van der Waals surface area contributed by atoms with Crippen molar-refractivity contribution in [3.63, 3.8) is 0 Å². The molecule has 0 spiro atoms. The van der Waals surface area contributed by atoms with E-state index >= 15 is 0 Å². The first-order valence-corrected chi connectivity index (χ1v) is 12.0. The molecule has 0 atom stereocenters. The standard InChI is InChI=1S/C28H29N5O4/c1-4-33(5-2)25(34)17-37-20-13-10-18(11-14-20)26-21-8-6-7-9-22(21)28(32-31-26)30-19-12-15-24(36-3)23(16-19)27(29)35/h6-16H,4-5,17H2,1-3H3,(H2,29,35)(H,30,32). The minimum Gasteiger partial charge on any atom is -0.496 e. The van der Waals surface area contributed by atoms with Crippen LogP contribution in [0.15, 0.2) is 66.7 Å². The van der Waals surface area contributed by atoms with E-state index in [0.29, 0.717) is 41.8 Å². The Morgan fingerprint density at radius 1 is 0.946 bits per heavy atom. The number of nitrogens with one attached hydrogen (secondary N) is 1. The zero-order valence-corrected chi connectivity index (χ0v) is 21.0. The van der Waals surface area contributed by atoms with Crippen LogP contribution in [-0.2, 0) is 4.79 Å². The number of nitrogens with two attached hydrogens (primary N) is 1. The van der Waals surface area contributed by atoms with E-state index in [-0.39, 0.29) is 18.1 Å². The molecule has 1 heterocycles. The fraction of sp³-hybridized carbons (Fsp3) is 0.214. The fourth-order valence-corrected chi connectivity index (χ4v) is 4.05. The van der Waals surface area contributed by atoms with Crippen LogP contribution >= 0.6 is 0 Å². The van der Waals surface area contributed by atoms with Crippen molar-refractivity contribution in [2.45, 2.75) is 13.8 Å². The Balaban J connectivity index is 1.59. The van der Waals surface area contributed by atoms with Gasteiger partial charge in [-0.05, 0) is 56.3 Å². The summed E-state index contributed by atoms with van der Waals surface area (Å²) in [6, 6.07) is 20.3. The number of anilines is 2. The average molecular weight is 500 g/mol. The number of nitrogens with zero attached hydrogens (tertiary/aromatic N) is 3. The molecule has 4 aromatic rings. The minimum atomic E-state index is -0.586. The van der Waals surface area contributed by atoms with Crippen molar-refractivity contribution in [3.8, 4) is 22.8 Å². The number of fused-ring (bicyclic) bond motifs is 1. The van der Waals surface area contributed by atoms with E-state index in [1.807, 2.05) is 62.4 Å². The number of hydrogen-bond donors (Lipinski definition) is 2. The summed E-state index contributed by atoms with van der Waals surface area (Å²) in [5.41, 5.74) is 7.96. The zero-order valence-electron chi connectivity index (χ0n) is 21.0. The van der Waals surface area contributed by atoms with Crippen LogP contribution in [0.5, 0.6) is 11.5 Å². The maximum atomic E-state index is 12.2. The molecule has 0 aliphatic rings. The molecule has 37 heavy (non-hydrogen) atoms. The Bertz CT molecular complexity index is 1420. The van der Waals surface area contributed by atoms with Gasteiger partial charge in [0, 0.05) is 35.1 Å². The lowest BCUT2D eigenvalue weighted by molar-refractivity contribution is -0.132. The van der Waals surface area contributed by atoms with Crippen LogP contribution in [0.25, 0.3) is 22.0 Å². The van der Waals surface area contributed by atoms with Crippen LogP contribution in [0.1, 0.15) is 24.2 Å². The molecule has 190 valence electrons. The summed E-state index contributed by atoms with van der Waals surface area (Å²) in [6.45, 7) is 5.18. The second-order valence-electron chi connectivity index (χ2n) is 8.23. The predicted octanol–water partition coefficient (Wildman–Crippen LogP) is 4.40. The Hall–Kier alpha value is -4.66. The number of hydrogen-bond acceptors (Lipinski definition) is 7. The Morgan fingerprint density at radius 2 is 1.65 bits per heavy atom. The second kappa shape index (κ2) is 11.4. The molecule has 0 aliphatic heterocycles. The van der Waals surface area contributed by atoms with Crippen molar-refractivity contribution in [1.29, 1.82) is 0 Å². The van der Waals surface area contributed by atoms with Crippen molar-refractivity contribution in [2.24, 2.45) is 5.73 Å². The molecular formula is C28H29N5O4. The lowest BCUT2D eigenvalue weighted by Gasteiger charge is -2.18. The highest BCUT2D eigenvalue weighted by molar-refractivity contribution is 6.01. The number of amides is 2. The highest BCUT2D eigenvalue weighted by Gasteiger charge is 2.15. The van der Waals surface area contributed by atoms with Crippen LogP contribution in [0, 0.1) is 0 Å². The summed E-state index contributed by atoms with van der Waals surface area (Å²) in [6.07, 6.45) is 0. The lowest BCUT2D eigenvalue weighted by atomic mass is 10.0. The van der Waals surface area contributed by atoms with Gasteiger partial charge in [0.1, 0.15) is 17.2 Å². The van der Waals surface area contributed by atoms with Gasteiger partial charge in [-0.25, -0.2) is 0 Å². The lowest BCUT2D eigenvalue weighted by Crippen LogP contribution is -2.34. The van der Waals surface area contributed by atoms with E-state index in [1.165, 1.54) is 7.11 Å². The van der Waals surface area contributed by atoms with Gasteiger partial charge in [-0.3, -0.25) is 9.59 Å². The summed E-state index contributed by atoms with van der Waals surface area (Å²) < 4.78 is 10.9. The van der Waals surface area contributed by atoms with Gasteiger partial charge in [0.15, 0.2) is 12.4 Å². The minimum absolute atomic E-state index is 0.00699. The Morgan fingerprint density at radius 3 is 2.30 bits per heavy atom. The van der Waals surface area contributed by atoms with Gasteiger partial charge in [-0.2, -0.15) is 0 Å². The first-order valence-electron chi connectivity index (χ1n) is 12.0. The Kier molecular flexibility index (Phi) is 7.83. The third kappa shape index (κ3) is 5.61. The maximum Gasteiger partial charge on any atom is 0.260 e. The SMILES string of the molecule is CCN(CC)C(=O)COc1ccc(-c2nnc(Nc3ccc(OC)c(C(N)=O)c3)c3ccccc23)cc1. The van der Waals surface area contributed by atoms with Gasteiger partial charge >= 0.3 is 0 Å². The molecule has 3 N–H and O–H groups in total. The highest BCUT2D eigenvalue weighted by atomic mass is 16.5. The van der Waals surface area contributed by atoms with Gasteiger partial charge in [0.2, 0.25) is 0 Å². The van der Waals surface area contributed by atoms with Crippen LogP contribution < -0.4 is 20.5 Å². The van der Waals surface area contributed by atoms with E-state index in [2.05, 4.69) is 15.5 Å². The molecule has 0 aliphatic carbocycles. The summed E-state index contributed by atoms with van der Waals surface area (Å²) in [7, 11) is 1.48. The molecule has 3 aromatic carbocycles. The molecule has 1 aromatic heterocycles. The number of carbonyl (C=O) groups excluding carboxylic acids is 2. The molecule has 0 saturated heterocycles. The summed E-state index contributed by atoms with van der Waals surface area (Å²) in [4.78, 5) is 25.8. The number of primary amides is 1. The summed E-state index contributed by atoms with van der Waals surface area (Å²) >= 11 is 0. The van der Waals surface area contributed by atoms with Crippen LogP contribution in [0.2, 0.25) is 0 Å². The smallest absolute Gasteiger partial charge is 0.260 e. The zero-order chi connectivity index (χ0) is 26.4. The number of methoxy groups -OCH3 is 1. The number of carbonyl (C=O) groups is 2. The van der Waals surface area contributed by atoms with E-state index in [1.54, 1.807) is 23.1 Å². The van der Waals surface area contributed by atoms with Gasteiger partial charge in [-0.1, -0.05) is 24.3 Å². The monoisotopic (exact) mass is 499 g/mol. The molecule has 4 rings (SSSR count). The summed E-state index contributed by atoms with van der Waals surface area (Å²) in [5.74, 6) is 0.902. The summed E-state index contributed by atoms with van der Waals surface area (Å²) in [5, 5.41) is 13.9. The normalized spacial score (nSPS) is 10.7. The highest BCUT2D eigenvalue weighted by Crippen LogP contribution is 2.32. The number of likely N-dealkylation sites (N-methyl/N-ethyl adjacent to an activating group) is 1. The molecule has 0 fully saturated rings. The van der Waals surface area contributed by atoms with Gasteiger partial charge in [0.05, 0.1) is 12.7 Å². The molecule has 0 unspecified atom stereocenters. The first kappa shape index (κ1) is 25.4. The second-order valence-corrected chi connectivity index (χ2v) is 8.23. The van der Waals surface area contributed by atoms with Crippen LogP contribution in [-0.4, -0.2) is 53.7 Å². The molecule has 0 bridgehead atoms. The molecule has 2 amide bonds. The molecule has 0 saturated carbocycles. The topological polar surface area (TPSA) is 120 Å². The number of ether oxygens (including phenoxy) is 2. The molecular weight excluding hydrogens is 470 g/mol. The largest absolute Gasteiger partial charge is 0.496 e. The third-order valence-electron chi connectivity index (χ3n) is 6.02. The molecule has 9 heteroatoms. The Labute approximate surface area is 215 Å². The number of rotatable bonds is 10. The number of aromatic nitrogens is 2. The molecule has 0 radical (unpaired) electrons. The average Bonchev–Trinajstić information content (AvgIpc) is 2.93. The van der Waals surface area contributed by atoms with Crippen molar-refractivity contribution in [3.05, 3.63) is 72.3 Å². The van der Waals surface area contributed by atoms with E-state index in [4.69, 9.17) is 15.2 Å². The van der Waals surface area contributed by atoms with E-state index in [9.17, 15) is 9.59 Å². The van der Waals surface area contributed by atoms with E-state index in [0.717, 1.165) is 16.3 Å². The van der Waals surface area contributed by atoms with Crippen LogP contribution in [0.3, 0.4) is 0 Å². The van der Waals surface area contributed by atoms with Gasteiger partial charge in [0.25, 0.3) is 11.8 Å². The van der Waals surface area contributed by atoms with Gasteiger partial charge < -0.3 is 25.4 Å². The van der Waals surface area contributed by atoms with Gasteiger partial charge in [-0.15, -0.1) is 10.2 Å². The first-order chi connectivity index (χ1) is 17.9. The van der Waals surface area contributed by atoms with Crippen molar-refractivity contribution < 1.29 is 19.1 Å². The maximum absolute atomic E-state index is 12.2. The number of benzene rings is 3. The third-order valence-corrected chi connectivity index (χ3v) is 6.02. The molecule has 9 nitrogen and oxygen atoms in total. The van der Waals surface area contributed by atoms with Crippen molar-refractivity contribution in [2.75, 3.05) is 32.1 Å².